The van der Waals surface area contributed by atoms with Gasteiger partial charge in [-0.05, 0) is 78.6 Å². The first-order valence-corrected chi connectivity index (χ1v) is 16.1. The average Bonchev–Trinajstić information content (AvgIpc) is 3.15. The van der Waals surface area contributed by atoms with Gasteiger partial charge in [-0.2, -0.15) is 0 Å². The van der Waals surface area contributed by atoms with Crippen LogP contribution < -0.4 is 0 Å². The van der Waals surface area contributed by atoms with Crippen LogP contribution in [-0.2, 0) is 9.47 Å². The van der Waals surface area contributed by atoms with E-state index in [0.29, 0.717) is 19.3 Å². The van der Waals surface area contributed by atoms with Gasteiger partial charge in [-0.25, -0.2) is 0 Å². The third kappa shape index (κ3) is 5.11. The van der Waals surface area contributed by atoms with E-state index in [9.17, 15) is 40.9 Å². The van der Waals surface area contributed by atoms with Gasteiger partial charge >= 0.3 is 0 Å². The first-order valence-electron chi connectivity index (χ1n) is 16.1. The maximum Gasteiger partial charge on any atom is 0.186 e. The summed E-state index contributed by atoms with van der Waals surface area (Å²) >= 11 is 0. The summed E-state index contributed by atoms with van der Waals surface area (Å²) in [6.45, 7) is 8.34. The lowest BCUT2D eigenvalue weighted by molar-refractivity contribution is -0.293. The Balaban J connectivity index is 1.35. The fourth-order valence-electron chi connectivity index (χ4n) is 10.2. The topological polar surface area (TPSA) is 180 Å². The van der Waals surface area contributed by atoms with E-state index in [1.807, 2.05) is 13.0 Å². The molecule has 3 saturated carbocycles. The molecule has 0 aromatic heterocycles. The summed E-state index contributed by atoms with van der Waals surface area (Å²) in [6, 6.07) is 0. The largest absolute Gasteiger partial charge is 0.396 e. The Morgan fingerprint density at radius 3 is 2.36 bits per heavy atom. The third-order valence-electron chi connectivity index (χ3n) is 12.4. The highest BCUT2D eigenvalue weighted by Gasteiger charge is 2.71. The van der Waals surface area contributed by atoms with Crippen molar-refractivity contribution in [1.29, 1.82) is 0 Å². The second kappa shape index (κ2) is 11.9. The molecule has 1 heterocycles. The second-order valence-corrected chi connectivity index (χ2v) is 15.0. The van der Waals surface area contributed by atoms with Crippen LogP contribution >= 0.6 is 0 Å². The molecule has 5 aliphatic rings. The van der Waals surface area contributed by atoms with E-state index in [-0.39, 0.29) is 43.3 Å². The molecule has 0 radical (unpaired) electrons. The van der Waals surface area contributed by atoms with Crippen molar-refractivity contribution >= 4 is 0 Å². The van der Waals surface area contributed by atoms with Crippen molar-refractivity contribution in [2.24, 2.45) is 40.4 Å². The number of ether oxygens (including phenoxy) is 2. The molecule has 1 aliphatic heterocycles. The number of fused-ring (bicyclic) bond motifs is 5. The number of hydrogen-bond donors (Lipinski definition) is 8. The van der Waals surface area contributed by atoms with E-state index >= 15 is 0 Å². The Morgan fingerprint density at radius 2 is 1.67 bits per heavy atom. The summed E-state index contributed by atoms with van der Waals surface area (Å²) in [5.41, 5.74) is -1.47. The third-order valence-corrected chi connectivity index (χ3v) is 12.4. The van der Waals surface area contributed by atoms with Crippen molar-refractivity contribution in [2.75, 3.05) is 13.2 Å². The molecule has 8 N–H and O–H groups in total. The monoisotopic (exact) mass is 598 g/mol. The zero-order valence-corrected chi connectivity index (χ0v) is 25.5. The smallest absolute Gasteiger partial charge is 0.186 e. The van der Waals surface area contributed by atoms with Crippen molar-refractivity contribution in [3.8, 4) is 0 Å². The Morgan fingerprint density at radius 1 is 0.952 bits per heavy atom. The zero-order chi connectivity index (χ0) is 30.8. The van der Waals surface area contributed by atoms with Gasteiger partial charge in [0, 0.05) is 12.5 Å². The predicted octanol–water partition coefficient (Wildman–Crippen LogP) is 0.852. The predicted molar refractivity (Wildman–Crippen MR) is 153 cm³/mol. The molecular formula is C32H54O10. The average molecular weight is 599 g/mol. The normalized spacial score (nSPS) is 52.1. The molecular weight excluding hydrogens is 544 g/mol. The van der Waals surface area contributed by atoms with E-state index in [1.54, 1.807) is 0 Å². The standard InChI is InChI=1S/C32H54O10/c1-16(14-33)6-5-7-17(2)22-25(37)26(38)28-31(22,4)12-10-21-30(3)11-9-20(23(35)18(30)8-13-32(21,28)40)42-29-27(39)24(36)19(34)15-41-29/h8,16-17,19-29,33-40H,5-7,9-15H2,1-4H3/t16-,17+,19+,20-,21+,22-,23+,24?,25+,26-,27-,28+,29-,30-,31+,32-/m0/s1. The molecule has 0 aromatic rings. The first-order chi connectivity index (χ1) is 19.7. The van der Waals surface area contributed by atoms with Crippen LogP contribution in [0.15, 0.2) is 11.6 Å². The quantitative estimate of drug-likeness (QED) is 0.187. The molecule has 0 amide bonds. The van der Waals surface area contributed by atoms with E-state index in [0.717, 1.165) is 31.3 Å². The van der Waals surface area contributed by atoms with Gasteiger partial charge in [0.2, 0.25) is 0 Å². The fraction of sp³-hybridized carbons (Fsp3) is 0.938. The molecule has 16 atom stereocenters. The molecule has 10 nitrogen and oxygen atoms in total. The summed E-state index contributed by atoms with van der Waals surface area (Å²) in [4.78, 5) is 0. The summed E-state index contributed by atoms with van der Waals surface area (Å²) in [6.07, 6.45) is -1.56. The van der Waals surface area contributed by atoms with Crippen LogP contribution in [-0.4, -0.2) is 109 Å². The Bertz CT molecular complexity index is 992. The highest BCUT2D eigenvalue weighted by atomic mass is 16.7. The Hall–Kier alpha value is -0.660. The lowest BCUT2D eigenvalue weighted by Gasteiger charge is -2.63. The minimum Gasteiger partial charge on any atom is -0.396 e. The molecule has 10 heteroatoms. The van der Waals surface area contributed by atoms with Crippen LogP contribution in [0.25, 0.3) is 0 Å². The lowest BCUT2D eigenvalue weighted by Crippen LogP contribution is -2.65. The van der Waals surface area contributed by atoms with Crippen molar-refractivity contribution in [3.63, 3.8) is 0 Å². The van der Waals surface area contributed by atoms with Gasteiger partial charge in [-0.15, -0.1) is 0 Å². The maximum atomic E-state index is 12.5. The number of aliphatic hydroxyl groups is 8. The minimum absolute atomic E-state index is 0.146. The first kappa shape index (κ1) is 32.7. The summed E-state index contributed by atoms with van der Waals surface area (Å²) in [5.74, 6) is -0.520. The van der Waals surface area contributed by atoms with Crippen molar-refractivity contribution in [2.45, 2.75) is 134 Å². The lowest BCUT2D eigenvalue weighted by atomic mass is 9.44. The summed E-state index contributed by atoms with van der Waals surface area (Å²) < 4.78 is 11.4. The second-order valence-electron chi connectivity index (χ2n) is 15.0. The van der Waals surface area contributed by atoms with Crippen LogP contribution in [0, 0.1) is 40.4 Å². The molecule has 0 bridgehead atoms. The van der Waals surface area contributed by atoms with Crippen molar-refractivity contribution < 1.29 is 50.3 Å². The number of aliphatic hydroxyl groups excluding tert-OH is 7. The van der Waals surface area contributed by atoms with Crippen LogP contribution in [0.3, 0.4) is 0 Å². The van der Waals surface area contributed by atoms with Gasteiger partial charge in [0.05, 0.1) is 30.5 Å². The van der Waals surface area contributed by atoms with Crippen LogP contribution in [0.1, 0.15) is 79.1 Å². The highest BCUT2D eigenvalue weighted by molar-refractivity contribution is 5.33. The SMILES string of the molecule is C[C@H](CO)CCC[C@@H](C)[C@H]1[C@@H](O)[C@H](O)[C@@H]2[C@]1(C)CC[C@H]1[C@@]2(O)CC=C2[C@@H](O)[C@@H](O[C@@H]3OC[C@@H](O)C(O)[C@@H]3O)CC[C@@]21C. The Labute approximate surface area is 249 Å². The van der Waals surface area contributed by atoms with E-state index in [1.165, 1.54) is 0 Å². The van der Waals surface area contributed by atoms with Crippen LogP contribution in [0.5, 0.6) is 0 Å². The minimum atomic E-state index is -1.44. The molecule has 4 aliphatic carbocycles. The van der Waals surface area contributed by atoms with Gasteiger partial charge in [0.15, 0.2) is 6.29 Å². The molecule has 0 spiro atoms. The van der Waals surface area contributed by atoms with E-state index in [4.69, 9.17) is 9.47 Å². The molecule has 1 unspecified atom stereocenters. The van der Waals surface area contributed by atoms with Gasteiger partial charge in [-0.3, -0.25) is 0 Å². The molecule has 242 valence electrons. The fourth-order valence-corrected chi connectivity index (χ4v) is 10.2. The molecule has 0 aromatic carbocycles. The van der Waals surface area contributed by atoms with E-state index < -0.39 is 71.4 Å². The molecule has 4 fully saturated rings. The van der Waals surface area contributed by atoms with E-state index in [2.05, 4.69) is 20.8 Å². The summed E-state index contributed by atoms with van der Waals surface area (Å²) in [7, 11) is 0. The van der Waals surface area contributed by atoms with Gasteiger partial charge < -0.3 is 50.3 Å². The molecule has 1 saturated heterocycles. The van der Waals surface area contributed by atoms with Crippen molar-refractivity contribution in [3.05, 3.63) is 11.6 Å². The van der Waals surface area contributed by atoms with Gasteiger partial charge in [0.1, 0.15) is 24.4 Å². The number of hydrogen-bond acceptors (Lipinski definition) is 10. The number of rotatable bonds is 8. The molecule has 5 rings (SSSR count). The van der Waals surface area contributed by atoms with Crippen LogP contribution in [0.4, 0.5) is 0 Å². The highest BCUT2D eigenvalue weighted by Crippen LogP contribution is 2.68. The zero-order valence-electron chi connectivity index (χ0n) is 25.5. The van der Waals surface area contributed by atoms with Crippen LogP contribution in [0.2, 0.25) is 0 Å². The maximum absolute atomic E-state index is 12.5. The van der Waals surface area contributed by atoms with Crippen molar-refractivity contribution in [1.82, 2.24) is 0 Å². The Kier molecular flexibility index (Phi) is 9.30. The molecule has 42 heavy (non-hydrogen) atoms. The van der Waals surface area contributed by atoms with Gasteiger partial charge in [0.25, 0.3) is 0 Å². The summed E-state index contributed by atoms with van der Waals surface area (Å²) in [5, 5.41) is 86.6. The van der Waals surface area contributed by atoms with Gasteiger partial charge in [-0.1, -0.05) is 46.6 Å².